The second kappa shape index (κ2) is 3.63. The van der Waals surface area contributed by atoms with Gasteiger partial charge in [-0.15, -0.1) is 5.73 Å². The van der Waals surface area contributed by atoms with Crippen LogP contribution < -0.4 is 0 Å². The molecule has 0 N–H and O–H groups in total. The Morgan fingerprint density at radius 3 is 2.80 bits per heavy atom. The van der Waals surface area contributed by atoms with Crippen molar-refractivity contribution in [2.24, 2.45) is 11.8 Å². The summed E-state index contributed by atoms with van der Waals surface area (Å²) in [4.78, 5) is 0. The van der Waals surface area contributed by atoms with Gasteiger partial charge in [0.25, 0.3) is 0 Å². The highest BCUT2D eigenvalue weighted by molar-refractivity contribution is 4.92. The predicted octanol–water partition coefficient (Wildman–Crippen LogP) is 3.15. The van der Waals surface area contributed by atoms with E-state index in [0.29, 0.717) is 0 Å². The highest BCUT2D eigenvalue weighted by Gasteiger charge is 2.13. The number of allylic oxidation sites excluding steroid dienone is 1. The third-order valence-electron chi connectivity index (χ3n) is 2.48. The van der Waals surface area contributed by atoms with E-state index in [1.165, 1.54) is 19.3 Å². The Morgan fingerprint density at radius 1 is 1.40 bits per heavy atom. The van der Waals surface area contributed by atoms with Crippen molar-refractivity contribution in [3.8, 4) is 0 Å². The van der Waals surface area contributed by atoms with Gasteiger partial charge in [0.1, 0.15) is 0 Å². The van der Waals surface area contributed by atoms with Gasteiger partial charge in [-0.3, -0.25) is 0 Å². The Bertz CT molecular complexity index is 149. The molecule has 0 heteroatoms. The summed E-state index contributed by atoms with van der Waals surface area (Å²) < 4.78 is 0. The SMILES string of the molecule is CCC1CC=C=CCC1C. The molecule has 56 valence electrons. The Kier molecular flexibility index (Phi) is 2.77. The van der Waals surface area contributed by atoms with Gasteiger partial charge >= 0.3 is 0 Å². The van der Waals surface area contributed by atoms with Crippen molar-refractivity contribution in [1.29, 1.82) is 0 Å². The second-order valence-electron chi connectivity index (χ2n) is 3.19. The lowest BCUT2D eigenvalue weighted by molar-refractivity contribution is 0.356. The third kappa shape index (κ3) is 1.75. The second-order valence-corrected chi connectivity index (χ2v) is 3.19. The quantitative estimate of drug-likeness (QED) is 0.486. The van der Waals surface area contributed by atoms with Gasteiger partial charge in [0, 0.05) is 0 Å². The molecule has 0 aromatic carbocycles. The Hall–Kier alpha value is -0.480. The van der Waals surface area contributed by atoms with Gasteiger partial charge in [-0.1, -0.05) is 20.3 Å². The zero-order chi connectivity index (χ0) is 7.40. The van der Waals surface area contributed by atoms with Crippen molar-refractivity contribution in [3.63, 3.8) is 0 Å². The van der Waals surface area contributed by atoms with Crippen molar-refractivity contribution in [3.05, 3.63) is 17.9 Å². The largest absolute Gasteiger partial charge is 0.130 e. The molecule has 10 heavy (non-hydrogen) atoms. The average Bonchev–Trinajstić information content (AvgIpc) is 2.13. The first-order chi connectivity index (χ1) is 4.84. The summed E-state index contributed by atoms with van der Waals surface area (Å²) in [6.45, 7) is 4.62. The Balaban J connectivity index is 2.52. The molecular weight excluding hydrogens is 120 g/mol. The lowest BCUT2D eigenvalue weighted by Gasteiger charge is -2.17. The molecule has 0 fully saturated rings. The summed E-state index contributed by atoms with van der Waals surface area (Å²) in [5.74, 6) is 1.75. The molecule has 0 nitrogen and oxygen atoms in total. The van der Waals surface area contributed by atoms with Crippen LogP contribution in [0.5, 0.6) is 0 Å². The van der Waals surface area contributed by atoms with Crippen LogP contribution in [0, 0.1) is 11.8 Å². The minimum absolute atomic E-state index is 0.858. The van der Waals surface area contributed by atoms with Gasteiger partial charge in [-0.25, -0.2) is 0 Å². The van der Waals surface area contributed by atoms with Crippen LogP contribution in [0.2, 0.25) is 0 Å². The fraction of sp³-hybridized carbons (Fsp3) is 0.700. The summed E-state index contributed by atoms with van der Waals surface area (Å²) in [5, 5.41) is 0. The lowest BCUT2D eigenvalue weighted by Crippen LogP contribution is -2.07. The predicted molar refractivity (Wildman–Crippen MR) is 44.8 cm³/mol. The molecule has 0 aliphatic heterocycles. The molecule has 0 aromatic heterocycles. The number of hydrogen-bond donors (Lipinski definition) is 0. The minimum atomic E-state index is 0.858. The summed E-state index contributed by atoms with van der Waals surface area (Å²) in [7, 11) is 0. The van der Waals surface area contributed by atoms with E-state index in [-0.39, 0.29) is 0 Å². The number of hydrogen-bond acceptors (Lipinski definition) is 0. The van der Waals surface area contributed by atoms with Crippen LogP contribution in [0.4, 0.5) is 0 Å². The van der Waals surface area contributed by atoms with E-state index < -0.39 is 0 Å². The Labute approximate surface area is 63.6 Å². The zero-order valence-corrected chi connectivity index (χ0v) is 6.93. The van der Waals surface area contributed by atoms with Gasteiger partial charge in [-0.2, -0.15) is 0 Å². The van der Waals surface area contributed by atoms with Gasteiger partial charge < -0.3 is 0 Å². The molecule has 1 aliphatic rings. The molecule has 2 unspecified atom stereocenters. The summed E-state index contributed by atoms with van der Waals surface area (Å²) in [6, 6.07) is 0. The maximum Gasteiger partial charge on any atom is -0.0243 e. The van der Waals surface area contributed by atoms with Gasteiger partial charge in [0.2, 0.25) is 0 Å². The normalized spacial score (nSPS) is 32.2. The molecule has 1 aliphatic carbocycles. The highest BCUT2D eigenvalue weighted by atomic mass is 14.2. The first-order valence-corrected chi connectivity index (χ1v) is 4.24. The summed E-state index contributed by atoms with van der Waals surface area (Å²) >= 11 is 0. The first-order valence-electron chi connectivity index (χ1n) is 4.24. The number of rotatable bonds is 1. The van der Waals surface area contributed by atoms with Crippen LogP contribution in [-0.4, -0.2) is 0 Å². The molecule has 0 amide bonds. The van der Waals surface area contributed by atoms with Crippen molar-refractivity contribution >= 4 is 0 Å². The molecule has 0 bridgehead atoms. The van der Waals surface area contributed by atoms with Crippen LogP contribution in [0.25, 0.3) is 0 Å². The monoisotopic (exact) mass is 136 g/mol. The van der Waals surface area contributed by atoms with Crippen LogP contribution >= 0.6 is 0 Å². The first kappa shape index (κ1) is 7.63. The van der Waals surface area contributed by atoms with E-state index in [0.717, 1.165) is 11.8 Å². The molecular formula is C10H16. The fourth-order valence-electron chi connectivity index (χ4n) is 1.55. The van der Waals surface area contributed by atoms with Gasteiger partial charge in [0.05, 0.1) is 0 Å². The van der Waals surface area contributed by atoms with Gasteiger partial charge in [0.15, 0.2) is 0 Å². The van der Waals surface area contributed by atoms with E-state index in [2.05, 4.69) is 31.7 Å². The standard InChI is InChI=1S/C10H16/c1-3-10-8-6-4-5-7-9(10)2/h5-6,9-10H,3,7-8H2,1-2H3. The van der Waals surface area contributed by atoms with Crippen molar-refractivity contribution in [2.45, 2.75) is 33.1 Å². The molecule has 0 aromatic rings. The van der Waals surface area contributed by atoms with E-state index in [1.54, 1.807) is 0 Å². The Morgan fingerprint density at radius 2 is 2.10 bits per heavy atom. The van der Waals surface area contributed by atoms with Crippen molar-refractivity contribution in [2.75, 3.05) is 0 Å². The van der Waals surface area contributed by atoms with E-state index >= 15 is 0 Å². The topological polar surface area (TPSA) is 0 Å². The molecule has 0 saturated heterocycles. The fourth-order valence-corrected chi connectivity index (χ4v) is 1.55. The average molecular weight is 136 g/mol. The zero-order valence-electron chi connectivity index (χ0n) is 6.93. The molecule has 0 radical (unpaired) electrons. The van der Waals surface area contributed by atoms with E-state index in [1.807, 2.05) is 0 Å². The van der Waals surface area contributed by atoms with Crippen LogP contribution in [0.15, 0.2) is 17.9 Å². The molecule has 1 rings (SSSR count). The highest BCUT2D eigenvalue weighted by Crippen LogP contribution is 2.24. The third-order valence-corrected chi connectivity index (χ3v) is 2.48. The van der Waals surface area contributed by atoms with Crippen molar-refractivity contribution in [1.82, 2.24) is 0 Å². The maximum absolute atomic E-state index is 3.19. The van der Waals surface area contributed by atoms with Crippen molar-refractivity contribution < 1.29 is 0 Å². The summed E-state index contributed by atoms with van der Waals surface area (Å²) in [5.41, 5.74) is 3.19. The summed E-state index contributed by atoms with van der Waals surface area (Å²) in [6.07, 6.45) is 8.11. The van der Waals surface area contributed by atoms with E-state index in [9.17, 15) is 0 Å². The smallest absolute Gasteiger partial charge is 0.0243 e. The van der Waals surface area contributed by atoms with Gasteiger partial charge in [-0.05, 0) is 36.8 Å². The molecule has 0 saturated carbocycles. The maximum atomic E-state index is 3.19. The molecule has 0 spiro atoms. The lowest BCUT2D eigenvalue weighted by atomic mass is 9.88. The van der Waals surface area contributed by atoms with Crippen LogP contribution in [-0.2, 0) is 0 Å². The minimum Gasteiger partial charge on any atom is -0.130 e. The van der Waals surface area contributed by atoms with E-state index in [4.69, 9.17) is 0 Å². The van der Waals surface area contributed by atoms with Crippen LogP contribution in [0.3, 0.4) is 0 Å². The molecule has 2 atom stereocenters. The van der Waals surface area contributed by atoms with Crippen LogP contribution in [0.1, 0.15) is 33.1 Å². The molecule has 0 heterocycles.